The molecule has 104 valence electrons. The van der Waals surface area contributed by atoms with Crippen LogP contribution in [0, 0.1) is 5.92 Å². The lowest BCUT2D eigenvalue weighted by molar-refractivity contribution is -0.147. The van der Waals surface area contributed by atoms with Crippen LogP contribution in [0.4, 0.5) is 4.39 Å². The Labute approximate surface area is 107 Å². The molecule has 1 heterocycles. The van der Waals surface area contributed by atoms with Gasteiger partial charge in [-0.05, 0) is 32.1 Å². The minimum Gasteiger partial charge on any atom is -0.469 e. The van der Waals surface area contributed by atoms with Gasteiger partial charge >= 0.3 is 5.97 Å². The van der Waals surface area contributed by atoms with Gasteiger partial charge in [-0.1, -0.05) is 0 Å². The number of ether oxygens (including phenoxy) is 2. The van der Waals surface area contributed by atoms with Crippen molar-refractivity contribution in [1.82, 2.24) is 5.32 Å². The Bertz CT molecular complexity index is 279. The van der Waals surface area contributed by atoms with E-state index >= 15 is 0 Å². The van der Waals surface area contributed by atoms with E-state index in [0.29, 0.717) is 19.6 Å². The highest BCUT2D eigenvalue weighted by molar-refractivity contribution is 5.72. The Morgan fingerprint density at radius 3 is 2.61 bits per heavy atom. The quantitative estimate of drug-likeness (QED) is 0.776. The van der Waals surface area contributed by atoms with Crippen molar-refractivity contribution in [1.29, 1.82) is 0 Å². The first kappa shape index (κ1) is 13.7. The maximum absolute atomic E-state index is 12.9. The highest BCUT2D eigenvalue weighted by Crippen LogP contribution is 2.27. The number of esters is 1. The average molecular weight is 259 g/mol. The van der Waals surface area contributed by atoms with Crippen molar-refractivity contribution in [2.24, 2.45) is 5.92 Å². The number of hydrogen-bond donors (Lipinski definition) is 1. The van der Waals surface area contributed by atoms with Crippen LogP contribution < -0.4 is 5.32 Å². The molecule has 0 bridgehead atoms. The lowest BCUT2D eigenvalue weighted by Crippen LogP contribution is -2.32. The van der Waals surface area contributed by atoms with Crippen LogP contribution >= 0.6 is 0 Å². The largest absolute Gasteiger partial charge is 0.469 e. The van der Waals surface area contributed by atoms with E-state index in [1.165, 1.54) is 7.11 Å². The van der Waals surface area contributed by atoms with E-state index in [-0.39, 0.29) is 24.0 Å². The van der Waals surface area contributed by atoms with Crippen LogP contribution in [0.1, 0.15) is 32.1 Å². The number of alkyl halides is 1. The molecular formula is C13H22FNO3. The molecular weight excluding hydrogens is 237 g/mol. The number of nitrogens with one attached hydrogen (secondary N) is 1. The first-order chi connectivity index (χ1) is 8.69. The lowest BCUT2D eigenvalue weighted by Gasteiger charge is -2.27. The molecule has 0 aromatic heterocycles. The molecule has 2 aliphatic rings. The molecule has 0 radical (unpaired) electrons. The molecule has 0 unspecified atom stereocenters. The van der Waals surface area contributed by atoms with Crippen molar-refractivity contribution >= 4 is 5.97 Å². The Hall–Kier alpha value is -0.680. The van der Waals surface area contributed by atoms with E-state index in [0.717, 1.165) is 25.7 Å². The highest BCUT2D eigenvalue weighted by atomic mass is 19.1. The summed E-state index contributed by atoms with van der Waals surface area (Å²) >= 11 is 0. The van der Waals surface area contributed by atoms with Crippen LogP contribution in [0.2, 0.25) is 0 Å². The summed E-state index contributed by atoms with van der Waals surface area (Å²) in [6.45, 7) is 1.02. The fourth-order valence-corrected chi connectivity index (χ4v) is 2.78. The molecule has 1 aliphatic carbocycles. The summed E-state index contributed by atoms with van der Waals surface area (Å²) in [5.74, 6) is -0.0686. The van der Waals surface area contributed by atoms with Gasteiger partial charge < -0.3 is 14.8 Å². The van der Waals surface area contributed by atoms with Crippen molar-refractivity contribution in [2.45, 2.75) is 50.4 Å². The summed E-state index contributed by atoms with van der Waals surface area (Å²) in [6, 6.07) is 0.151. The third-order valence-corrected chi connectivity index (χ3v) is 3.91. The van der Waals surface area contributed by atoms with Crippen LogP contribution in [-0.2, 0) is 14.3 Å². The Morgan fingerprint density at radius 2 is 2.06 bits per heavy atom. The number of halogens is 1. The molecule has 1 saturated heterocycles. The molecule has 1 aliphatic heterocycles. The SMILES string of the molecule is COC(=O)C1CCC(OC[C@@H]2C[C@H](F)CN2)CC1. The van der Waals surface area contributed by atoms with Crippen molar-refractivity contribution < 1.29 is 18.7 Å². The third kappa shape index (κ3) is 3.65. The van der Waals surface area contributed by atoms with Gasteiger partial charge in [0.05, 0.1) is 25.7 Å². The Morgan fingerprint density at radius 1 is 1.33 bits per heavy atom. The van der Waals surface area contributed by atoms with Crippen molar-refractivity contribution in [3.05, 3.63) is 0 Å². The summed E-state index contributed by atoms with van der Waals surface area (Å²) in [5.41, 5.74) is 0. The van der Waals surface area contributed by atoms with Crippen LogP contribution in [0.15, 0.2) is 0 Å². The smallest absolute Gasteiger partial charge is 0.308 e. The minimum absolute atomic E-state index is 0.0367. The van der Waals surface area contributed by atoms with Gasteiger partial charge in [-0.25, -0.2) is 4.39 Å². The van der Waals surface area contributed by atoms with Gasteiger partial charge in [0, 0.05) is 12.6 Å². The van der Waals surface area contributed by atoms with E-state index in [1.807, 2.05) is 0 Å². The predicted molar refractivity (Wildman–Crippen MR) is 65.0 cm³/mol. The highest BCUT2D eigenvalue weighted by Gasteiger charge is 2.29. The van der Waals surface area contributed by atoms with Gasteiger partial charge in [0.1, 0.15) is 6.17 Å². The summed E-state index contributed by atoms with van der Waals surface area (Å²) in [6.07, 6.45) is 3.50. The van der Waals surface area contributed by atoms with Crippen molar-refractivity contribution in [3.8, 4) is 0 Å². The summed E-state index contributed by atoms with van der Waals surface area (Å²) < 4.78 is 23.5. The average Bonchev–Trinajstić information content (AvgIpc) is 2.82. The van der Waals surface area contributed by atoms with Crippen molar-refractivity contribution in [3.63, 3.8) is 0 Å². The normalized spacial score (nSPS) is 36.6. The number of carbonyl (C=O) groups is 1. The summed E-state index contributed by atoms with van der Waals surface area (Å²) in [7, 11) is 1.43. The third-order valence-electron chi connectivity index (χ3n) is 3.91. The molecule has 0 amide bonds. The van der Waals surface area contributed by atoms with Crippen LogP contribution in [0.25, 0.3) is 0 Å². The number of carbonyl (C=O) groups excluding carboxylic acids is 1. The van der Waals surface area contributed by atoms with Gasteiger partial charge in [0.15, 0.2) is 0 Å². The molecule has 4 nitrogen and oxygen atoms in total. The van der Waals surface area contributed by atoms with Gasteiger partial charge in [-0.15, -0.1) is 0 Å². The molecule has 2 rings (SSSR count). The second kappa shape index (κ2) is 6.48. The van der Waals surface area contributed by atoms with Gasteiger partial charge in [0.25, 0.3) is 0 Å². The maximum Gasteiger partial charge on any atom is 0.308 e. The second-order valence-corrected chi connectivity index (χ2v) is 5.27. The van der Waals surface area contributed by atoms with Gasteiger partial charge in [-0.3, -0.25) is 4.79 Å². The van der Waals surface area contributed by atoms with Crippen LogP contribution in [0.5, 0.6) is 0 Å². The molecule has 18 heavy (non-hydrogen) atoms. The fourth-order valence-electron chi connectivity index (χ4n) is 2.78. The second-order valence-electron chi connectivity index (χ2n) is 5.27. The maximum atomic E-state index is 12.9. The minimum atomic E-state index is -0.728. The molecule has 2 atom stereocenters. The summed E-state index contributed by atoms with van der Waals surface area (Å²) in [5, 5.41) is 3.11. The topological polar surface area (TPSA) is 47.6 Å². The monoisotopic (exact) mass is 259 g/mol. The standard InChI is InChI=1S/C13H22FNO3/c1-17-13(16)9-2-4-12(5-3-9)18-8-11-6-10(14)7-15-11/h9-12,15H,2-8H2,1H3/t9?,10-,11-,12?/m0/s1. The molecule has 2 fully saturated rings. The lowest BCUT2D eigenvalue weighted by atomic mass is 9.87. The first-order valence-corrected chi connectivity index (χ1v) is 6.76. The molecule has 5 heteroatoms. The van der Waals surface area contributed by atoms with E-state index in [2.05, 4.69) is 5.32 Å². The van der Waals surface area contributed by atoms with Gasteiger partial charge in [0.2, 0.25) is 0 Å². The molecule has 0 spiro atoms. The zero-order valence-corrected chi connectivity index (χ0v) is 10.9. The van der Waals surface area contributed by atoms with Crippen LogP contribution in [-0.4, -0.2) is 44.5 Å². The van der Waals surface area contributed by atoms with Crippen LogP contribution in [0.3, 0.4) is 0 Å². The Balaban J connectivity index is 1.63. The number of methoxy groups -OCH3 is 1. The zero-order chi connectivity index (χ0) is 13.0. The van der Waals surface area contributed by atoms with Gasteiger partial charge in [-0.2, -0.15) is 0 Å². The molecule has 0 aromatic rings. The van der Waals surface area contributed by atoms with Crippen molar-refractivity contribution in [2.75, 3.05) is 20.3 Å². The first-order valence-electron chi connectivity index (χ1n) is 6.76. The molecule has 1 saturated carbocycles. The molecule has 0 aromatic carbocycles. The summed E-state index contributed by atoms with van der Waals surface area (Å²) in [4.78, 5) is 11.4. The van der Waals surface area contributed by atoms with E-state index in [9.17, 15) is 9.18 Å². The number of rotatable bonds is 4. The predicted octanol–water partition coefficient (Wildman–Crippen LogP) is 1.43. The number of hydrogen-bond acceptors (Lipinski definition) is 4. The van der Waals surface area contributed by atoms with E-state index < -0.39 is 6.17 Å². The van der Waals surface area contributed by atoms with E-state index in [1.54, 1.807) is 0 Å². The Kier molecular flexibility index (Phi) is 4.95. The molecule has 1 N–H and O–H groups in total. The fraction of sp³-hybridized carbons (Fsp3) is 0.923. The van der Waals surface area contributed by atoms with E-state index in [4.69, 9.17) is 9.47 Å². The zero-order valence-electron chi connectivity index (χ0n) is 10.9.